The standard InChI is InChI=1S/C26H56NO6P/c1-3-4-5-6-7-8-9-10-11-12-13-14-15-16-17-18-19-20-21-23-32-27(25-26(2)28)22-24-33-34(29,30)31/h26,28H,3-25H2,1-2H3,(H2,29,30,31). The summed E-state index contributed by atoms with van der Waals surface area (Å²) in [7, 11) is -4.47. The zero-order chi connectivity index (χ0) is 25.3. The molecule has 0 bridgehead atoms. The molecule has 1 unspecified atom stereocenters. The average molecular weight is 510 g/mol. The molecule has 0 saturated carbocycles. The minimum atomic E-state index is -4.47. The molecule has 0 saturated heterocycles. The Morgan fingerprint density at radius 3 is 1.41 bits per heavy atom. The van der Waals surface area contributed by atoms with Gasteiger partial charge in [0.15, 0.2) is 0 Å². The molecular weight excluding hydrogens is 453 g/mol. The lowest BCUT2D eigenvalue weighted by atomic mass is 10.0. The van der Waals surface area contributed by atoms with Gasteiger partial charge in [0.1, 0.15) is 0 Å². The number of hydrogen-bond acceptors (Lipinski definition) is 5. The molecule has 7 nitrogen and oxygen atoms in total. The predicted molar refractivity (Wildman–Crippen MR) is 141 cm³/mol. The van der Waals surface area contributed by atoms with Crippen LogP contribution < -0.4 is 0 Å². The lowest BCUT2D eigenvalue weighted by Crippen LogP contribution is -2.34. The number of rotatable bonds is 27. The lowest BCUT2D eigenvalue weighted by Gasteiger charge is -2.23. The Hall–Kier alpha value is -0.0100. The summed E-state index contributed by atoms with van der Waals surface area (Å²) in [4.78, 5) is 23.1. The van der Waals surface area contributed by atoms with Gasteiger partial charge in [-0.05, 0) is 13.3 Å². The Kier molecular flexibility index (Phi) is 24.7. The summed E-state index contributed by atoms with van der Waals surface area (Å²) in [6.07, 6.45) is 24.9. The highest BCUT2D eigenvalue weighted by atomic mass is 31.2. The van der Waals surface area contributed by atoms with Crippen LogP contribution in [0.1, 0.15) is 136 Å². The number of unbranched alkanes of at least 4 members (excludes halogenated alkanes) is 18. The van der Waals surface area contributed by atoms with Gasteiger partial charge < -0.3 is 14.9 Å². The molecule has 8 heteroatoms. The van der Waals surface area contributed by atoms with Crippen molar-refractivity contribution in [2.75, 3.05) is 26.3 Å². The molecule has 1 atom stereocenters. The van der Waals surface area contributed by atoms with Gasteiger partial charge in [0.25, 0.3) is 0 Å². The highest BCUT2D eigenvalue weighted by Gasteiger charge is 2.15. The minimum absolute atomic E-state index is 0.143. The number of phosphoric acid groups is 1. The molecule has 0 heterocycles. The van der Waals surface area contributed by atoms with Crippen molar-refractivity contribution in [1.82, 2.24) is 5.06 Å². The van der Waals surface area contributed by atoms with Gasteiger partial charge in [0.05, 0.1) is 19.3 Å². The predicted octanol–water partition coefficient (Wildman–Crippen LogP) is 7.14. The molecule has 3 N–H and O–H groups in total. The van der Waals surface area contributed by atoms with Crippen molar-refractivity contribution in [1.29, 1.82) is 0 Å². The number of nitrogens with zero attached hydrogens (tertiary/aromatic N) is 1. The fraction of sp³-hybridized carbons (Fsp3) is 1.00. The number of aliphatic hydroxyl groups is 1. The molecule has 0 rings (SSSR count). The third-order valence-corrected chi connectivity index (χ3v) is 6.61. The van der Waals surface area contributed by atoms with E-state index in [9.17, 15) is 9.67 Å². The van der Waals surface area contributed by atoms with Gasteiger partial charge >= 0.3 is 7.82 Å². The van der Waals surface area contributed by atoms with Crippen molar-refractivity contribution in [3.8, 4) is 0 Å². The smallest absolute Gasteiger partial charge is 0.392 e. The second kappa shape index (κ2) is 24.7. The van der Waals surface area contributed by atoms with E-state index in [1.807, 2.05) is 0 Å². The molecule has 34 heavy (non-hydrogen) atoms. The van der Waals surface area contributed by atoms with Crippen LogP contribution >= 0.6 is 7.82 Å². The number of phosphoric ester groups is 1. The van der Waals surface area contributed by atoms with Crippen molar-refractivity contribution < 1.29 is 28.8 Å². The van der Waals surface area contributed by atoms with E-state index in [0.717, 1.165) is 12.8 Å². The van der Waals surface area contributed by atoms with E-state index in [4.69, 9.17) is 14.6 Å². The van der Waals surface area contributed by atoms with Crippen molar-refractivity contribution >= 4 is 7.82 Å². The summed E-state index contributed by atoms with van der Waals surface area (Å²) in [5.74, 6) is 0. The lowest BCUT2D eigenvalue weighted by molar-refractivity contribution is -0.176. The van der Waals surface area contributed by atoms with Gasteiger partial charge in [-0.25, -0.2) is 4.57 Å². The SMILES string of the molecule is CCCCCCCCCCCCCCCCCCCCCON(CCOP(=O)(O)O)CC(C)O. The van der Waals surface area contributed by atoms with E-state index in [-0.39, 0.29) is 19.7 Å². The quantitative estimate of drug-likeness (QED) is 0.0614. The molecule has 0 aliphatic carbocycles. The van der Waals surface area contributed by atoms with Crippen LogP contribution in [-0.4, -0.2) is 52.4 Å². The van der Waals surface area contributed by atoms with Gasteiger partial charge in [-0.15, -0.1) is 0 Å². The number of aliphatic hydroxyl groups excluding tert-OH is 1. The molecule has 0 aliphatic heterocycles. The van der Waals surface area contributed by atoms with Crippen LogP contribution in [0.5, 0.6) is 0 Å². The van der Waals surface area contributed by atoms with E-state index >= 15 is 0 Å². The van der Waals surface area contributed by atoms with Crippen LogP contribution in [-0.2, 0) is 13.9 Å². The molecule has 0 aromatic heterocycles. The Bertz CT molecular complexity index is 461. The Morgan fingerprint density at radius 1 is 0.676 bits per heavy atom. The van der Waals surface area contributed by atoms with E-state index in [0.29, 0.717) is 6.61 Å². The van der Waals surface area contributed by atoms with Gasteiger partial charge in [-0.1, -0.05) is 122 Å². The van der Waals surface area contributed by atoms with E-state index < -0.39 is 13.9 Å². The maximum absolute atomic E-state index is 10.7. The summed E-state index contributed by atoms with van der Waals surface area (Å²) in [6, 6.07) is 0. The summed E-state index contributed by atoms with van der Waals surface area (Å²) in [6.45, 7) is 4.81. The van der Waals surface area contributed by atoms with Crippen LogP contribution in [0, 0.1) is 0 Å². The third kappa shape index (κ3) is 28.2. The number of hydrogen-bond donors (Lipinski definition) is 3. The maximum Gasteiger partial charge on any atom is 0.469 e. The fourth-order valence-corrected chi connectivity index (χ4v) is 4.46. The molecular formula is C26H56NO6P. The second-order valence-corrected chi connectivity index (χ2v) is 11.0. The molecule has 0 radical (unpaired) electrons. The Morgan fingerprint density at radius 2 is 1.06 bits per heavy atom. The first-order valence-electron chi connectivity index (χ1n) is 14.1. The van der Waals surface area contributed by atoms with Gasteiger partial charge in [-0.2, -0.15) is 5.06 Å². The molecule has 0 aliphatic rings. The van der Waals surface area contributed by atoms with Crippen LogP contribution in [0.2, 0.25) is 0 Å². The summed E-state index contributed by atoms with van der Waals surface area (Å²) >= 11 is 0. The summed E-state index contributed by atoms with van der Waals surface area (Å²) in [5, 5.41) is 11.1. The van der Waals surface area contributed by atoms with Crippen molar-refractivity contribution in [3.05, 3.63) is 0 Å². The monoisotopic (exact) mass is 509 g/mol. The minimum Gasteiger partial charge on any atom is -0.392 e. The van der Waals surface area contributed by atoms with Crippen LogP contribution in [0.15, 0.2) is 0 Å². The topological polar surface area (TPSA) is 99.5 Å². The summed E-state index contributed by atoms with van der Waals surface area (Å²) < 4.78 is 15.2. The molecule has 206 valence electrons. The largest absolute Gasteiger partial charge is 0.469 e. The van der Waals surface area contributed by atoms with Gasteiger partial charge in [0, 0.05) is 13.1 Å². The molecule has 0 amide bonds. The normalized spacial score (nSPS) is 13.1. The first-order valence-corrected chi connectivity index (χ1v) is 15.6. The van der Waals surface area contributed by atoms with Crippen molar-refractivity contribution in [2.45, 2.75) is 142 Å². The van der Waals surface area contributed by atoms with E-state index in [2.05, 4.69) is 11.4 Å². The first-order chi connectivity index (χ1) is 16.3. The first kappa shape index (κ1) is 34.0. The molecule has 0 fully saturated rings. The molecule has 0 aromatic rings. The summed E-state index contributed by atoms with van der Waals surface area (Å²) in [5.41, 5.74) is 0. The highest BCUT2D eigenvalue weighted by Crippen LogP contribution is 2.35. The van der Waals surface area contributed by atoms with E-state index in [1.165, 1.54) is 114 Å². The van der Waals surface area contributed by atoms with Crippen LogP contribution in [0.3, 0.4) is 0 Å². The van der Waals surface area contributed by atoms with Crippen LogP contribution in [0.4, 0.5) is 0 Å². The van der Waals surface area contributed by atoms with Crippen LogP contribution in [0.25, 0.3) is 0 Å². The van der Waals surface area contributed by atoms with Gasteiger partial charge in [0.2, 0.25) is 0 Å². The maximum atomic E-state index is 10.7. The van der Waals surface area contributed by atoms with Gasteiger partial charge in [-0.3, -0.25) is 9.36 Å². The van der Waals surface area contributed by atoms with E-state index in [1.54, 1.807) is 6.92 Å². The zero-order valence-electron chi connectivity index (χ0n) is 22.3. The average Bonchev–Trinajstić information content (AvgIpc) is 2.76. The number of hydroxylamine groups is 2. The highest BCUT2D eigenvalue weighted by molar-refractivity contribution is 7.46. The molecule has 0 spiro atoms. The van der Waals surface area contributed by atoms with Crippen molar-refractivity contribution in [2.24, 2.45) is 0 Å². The Labute approximate surface area is 210 Å². The zero-order valence-corrected chi connectivity index (χ0v) is 23.2. The second-order valence-electron chi connectivity index (χ2n) is 9.76. The Balaban J connectivity index is 3.38. The fourth-order valence-electron chi connectivity index (χ4n) is 4.14. The molecule has 0 aromatic carbocycles. The van der Waals surface area contributed by atoms with Crippen molar-refractivity contribution in [3.63, 3.8) is 0 Å². The third-order valence-electron chi connectivity index (χ3n) is 6.09.